The van der Waals surface area contributed by atoms with Gasteiger partial charge in [0.05, 0.1) is 11.4 Å². The van der Waals surface area contributed by atoms with E-state index >= 15 is 0 Å². The number of benzene rings is 1. The van der Waals surface area contributed by atoms with E-state index in [4.69, 9.17) is 42.5 Å². The minimum atomic E-state index is -1.75. The van der Waals surface area contributed by atoms with Crippen LogP contribution in [0.2, 0.25) is 5.02 Å². The van der Waals surface area contributed by atoms with Gasteiger partial charge in [0, 0.05) is 17.0 Å². The molecule has 1 aromatic heterocycles. The minimum Gasteiger partial charge on any atom is -0.481 e. The van der Waals surface area contributed by atoms with E-state index in [0.29, 0.717) is 18.4 Å². The third kappa shape index (κ3) is 6.20. The number of carbonyl (C=O) groups excluding carboxylic acids is 1. The molecule has 5 N–H and O–H groups in total. The minimum absolute atomic E-state index is 0.0123. The number of carboxylic acids is 1. The van der Waals surface area contributed by atoms with E-state index in [2.05, 4.69) is 10.1 Å². The highest BCUT2D eigenvalue weighted by atomic mass is 35.5. The lowest BCUT2D eigenvalue weighted by atomic mass is 9.88. The average Bonchev–Trinajstić information content (AvgIpc) is 3.42. The Bertz CT molecular complexity index is 1150. The number of carboxylic acid groups (broad SMARTS) is 1. The van der Waals surface area contributed by atoms with Crippen LogP contribution in [0.15, 0.2) is 30.9 Å². The van der Waals surface area contributed by atoms with Gasteiger partial charge in [-0.3, -0.25) is 9.59 Å². The largest absolute Gasteiger partial charge is 0.481 e. The lowest BCUT2D eigenvalue weighted by molar-refractivity contribution is -0.278. The summed E-state index contributed by atoms with van der Waals surface area (Å²) in [6.45, 7) is -0.593. The number of aliphatic hydroxyl groups excluding tert-OH is 3. The molecule has 2 aromatic rings. The molecule has 13 nitrogen and oxygen atoms in total. The number of aromatic nitrogens is 3. The van der Waals surface area contributed by atoms with Crippen molar-refractivity contribution in [2.45, 2.75) is 73.4 Å². The van der Waals surface area contributed by atoms with Crippen LogP contribution in [-0.4, -0.2) is 100 Å². The third-order valence-corrected chi connectivity index (χ3v) is 7.66. The van der Waals surface area contributed by atoms with Gasteiger partial charge in [-0.25, -0.2) is 9.67 Å². The van der Waals surface area contributed by atoms with Gasteiger partial charge in [-0.15, -0.1) is 11.6 Å². The molecule has 0 radical (unpaired) electrons. The van der Waals surface area contributed by atoms with Crippen LogP contribution in [0.4, 0.5) is 0 Å². The fraction of sp³-hybridized carbons (Fsp3) is 0.565. The molecule has 0 amide bonds. The van der Waals surface area contributed by atoms with Crippen molar-refractivity contribution in [3.05, 3.63) is 41.4 Å². The van der Waals surface area contributed by atoms with Crippen LogP contribution in [0.25, 0.3) is 0 Å². The van der Waals surface area contributed by atoms with Crippen molar-refractivity contribution < 1.29 is 49.3 Å². The number of hydrogen-bond acceptors (Lipinski definition) is 11. The maximum absolute atomic E-state index is 11.7. The van der Waals surface area contributed by atoms with E-state index in [9.17, 15) is 30.0 Å². The fourth-order valence-corrected chi connectivity index (χ4v) is 4.71. The molecular weight excluding hydrogens is 549 g/mol. The average molecular weight is 576 g/mol. The van der Waals surface area contributed by atoms with Crippen LogP contribution in [0.1, 0.15) is 24.8 Å². The molecule has 6 atom stereocenters. The summed E-state index contributed by atoms with van der Waals surface area (Å²) in [5, 5.41) is 55.8. The van der Waals surface area contributed by atoms with Crippen LogP contribution >= 0.6 is 23.2 Å². The number of halogens is 2. The zero-order valence-electron chi connectivity index (χ0n) is 19.9. The molecule has 1 saturated carbocycles. The number of esters is 1. The van der Waals surface area contributed by atoms with Gasteiger partial charge in [0.25, 0.3) is 0 Å². The predicted octanol–water partition coefficient (Wildman–Crippen LogP) is -0.119. The van der Waals surface area contributed by atoms with Crippen molar-refractivity contribution in [2.75, 3.05) is 6.61 Å². The lowest BCUT2D eigenvalue weighted by Gasteiger charge is -2.40. The van der Waals surface area contributed by atoms with Crippen molar-refractivity contribution in [3.8, 4) is 5.75 Å². The first kappa shape index (κ1) is 28.5. The van der Waals surface area contributed by atoms with Gasteiger partial charge in [0.1, 0.15) is 61.4 Å². The molecule has 1 unspecified atom stereocenters. The van der Waals surface area contributed by atoms with Gasteiger partial charge >= 0.3 is 11.9 Å². The van der Waals surface area contributed by atoms with Crippen molar-refractivity contribution in [3.63, 3.8) is 0 Å². The second kappa shape index (κ2) is 11.3. The Morgan fingerprint density at radius 1 is 1.21 bits per heavy atom. The number of carbonyl (C=O) groups is 2. The molecule has 0 bridgehead atoms. The van der Waals surface area contributed by atoms with Gasteiger partial charge < -0.3 is 39.7 Å². The van der Waals surface area contributed by atoms with Crippen LogP contribution in [0, 0.1) is 0 Å². The van der Waals surface area contributed by atoms with Crippen LogP contribution in [-0.2, 0) is 32.0 Å². The standard InChI is InChI=1S/C23H27Cl2N3O10/c24-13-2-1-3-14(12(13)7-23(35,22(25)4-5-22)9-28-11-26-10-27-28)37-21-20(34)19(33)18(32)15(38-21)8-36-17(31)6-16(29)30/h1-3,10-11,15,18-21,32-35H,4-9H2,(H,29,30)/t15-,18-,19+,20-,21+,23?/m1/s1. The summed E-state index contributed by atoms with van der Waals surface area (Å²) >= 11 is 13.2. The number of rotatable bonds is 11. The van der Waals surface area contributed by atoms with Gasteiger partial charge in [-0.2, -0.15) is 5.10 Å². The van der Waals surface area contributed by atoms with E-state index in [1.807, 2.05) is 0 Å². The van der Waals surface area contributed by atoms with Crippen molar-refractivity contribution in [2.24, 2.45) is 0 Å². The second-order valence-electron chi connectivity index (χ2n) is 9.37. The molecule has 15 heteroatoms. The van der Waals surface area contributed by atoms with E-state index < -0.39 is 66.1 Å². The fourth-order valence-electron chi connectivity index (χ4n) is 4.25. The highest BCUT2D eigenvalue weighted by Gasteiger charge is 2.58. The van der Waals surface area contributed by atoms with Crippen molar-refractivity contribution in [1.29, 1.82) is 0 Å². The molecule has 1 aliphatic carbocycles. The Morgan fingerprint density at radius 3 is 2.58 bits per heavy atom. The van der Waals surface area contributed by atoms with E-state index in [1.165, 1.54) is 23.4 Å². The van der Waals surface area contributed by atoms with E-state index in [1.54, 1.807) is 12.1 Å². The molecule has 2 heterocycles. The zero-order chi connectivity index (χ0) is 27.7. The maximum atomic E-state index is 11.7. The monoisotopic (exact) mass is 575 g/mol. The molecule has 1 aromatic carbocycles. The quantitative estimate of drug-likeness (QED) is 0.136. The number of nitrogens with zero attached hydrogens (tertiary/aromatic N) is 3. The van der Waals surface area contributed by atoms with Crippen LogP contribution in [0.3, 0.4) is 0 Å². The van der Waals surface area contributed by atoms with Crippen molar-refractivity contribution in [1.82, 2.24) is 14.8 Å². The highest BCUT2D eigenvalue weighted by molar-refractivity contribution is 6.31. The number of ether oxygens (including phenoxy) is 3. The van der Waals surface area contributed by atoms with E-state index in [0.717, 1.165) is 0 Å². The smallest absolute Gasteiger partial charge is 0.317 e. The Balaban J connectivity index is 1.54. The molecule has 2 fully saturated rings. The Labute approximate surface area is 226 Å². The summed E-state index contributed by atoms with van der Waals surface area (Å²) in [4.78, 5) is 25.2. The molecule has 4 rings (SSSR count). The van der Waals surface area contributed by atoms with Gasteiger partial charge in [0.2, 0.25) is 6.29 Å². The SMILES string of the molecule is O=C(O)CC(=O)OC[C@H]1O[C@H](Oc2cccc(Cl)c2CC(O)(Cn2cncn2)C2(Cl)CC2)[C@H](O)[C@@H](O)[C@@H]1O. The third-order valence-electron chi connectivity index (χ3n) is 6.57. The first-order valence-electron chi connectivity index (χ1n) is 11.7. The summed E-state index contributed by atoms with van der Waals surface area (Å²) < 4.78 is 17.7. The summed E-state index contributed by atoms with van der Waals surface area (Å²) in [6.07, 6.45) is -5.14. The Morgan fingerprint density at radius 2 is 1.95 bits per heavy atom. The number of hydrogen-bond donors (Lipinski definition) is 5. The number of aliphatic hydroxyl groups is 4. The van der Waals surface area contributed by atoms with Crippen LogP contribution in [0.5, 0.6) is 5.75 Å². The first-order chi connectivity index (χ1) is 17.9. The number of alkyl halides is 1. The molecule has 1 aliphatic heterocycles. The molecule has 0 spiro atoms. The number of aliphatic carboxylic acids is 1. The summed E-state index contributed by atoms with van der Waals surface area (Å²) in [5.74, 6) is -2.38. The summed E-state index contributed by atoms with van der Waals surface area (Å²) in [5.41, 5.74) is -1.18. The van der Waals surface area contributed by atoms with Gasteiger partial charge in [-0.05, 0) is 25.0 Å². The molecule has 208 valence electrons. The molecular formula is C23H27Cl2N3O10. The summed E-state index contributed by atoms with van der Waals surface area (Å²) in [6, 6.07) is 4.66. The molecule has 2 aliphatic rings. The molecule has 38 heavy (non-hydrogen) atoms. The van der Waals surface area contributed by atoms with Gasteiger partial charge in [0.15, 0.2) is 0 Å². The maximum Gasteiger partial charge on any atom is 0.317 e. The lowest BCUT2D eigenvalue weighted by Crippen LogP contribution is -2.60. The molecule has 1 saturated heterocycles. The zero-order valence-corrected chi connectivity index (χ0v) is 21.4. The first-order valence-corrected chi connectivity index (χ1v) is 12.4. The predicted molar refractivity (Wildman–Crippen MR) is 128 cm³/mol. The Kier molecular flexibility index (Phi) is 8.47. The second-order valence-corrected chi connectivity index (χ2v) is 10.5. The van der Waals surface area contributed by atoms with E-state index in [-0.39, 0.29) is 23.7 Å². The highest BCUT2D eigenvalue weighted by Crippen LogP contribution is 2.53. The Hall–Kier alpha value is -2.52. The van der Waals surface area contributed by atoms with Gasteiger partial charge in [-0.1, -0.05) is 17.7 Å². The normalized spacial score (nSPS) is 27.8. The van der Waals surface area contributed by atoms with Crippen LogP contribution < -0.4 is 4.74 Å². The van der Waals surface area contributed by atoms with Crippen molar-refractivity contribution >= 4 is 35.1 Å². The summed E-state index contributed by atoms with van der Waals surface area (Å²) in [7, 11) is 0. The topological polar surface area (TPSA) is 194 Å².